The van der Waals surface area contributed by atoms with Gasteiger partial charge in [-0.3, -0.25) is 4.79 Å². The lowest BCUT2D eigenvalue weighted by Gasteiger charge is -2.06. The summed E-state index contributed by atoms with van der Waals surface area (Å²) in [6.07, 6.45) is 1.57. The van der Waals surface area contributed by atoms with Crippen LogP contribution >= 0.6 is 31.9 Å². The Balaban J connectivity index is 1.83. The molecule has 4 nitrogen and oxygen atoms in total. The van der Waals surface area contributed by atoms with Crippen molar-refractivity contribution < 1.29 is 9.53 Å². The number of rotatable bonds is 5. The predicted molar refractivity (Wildman–Crippen MR) is 89.5 cm³/mol. The molecular weight excluding hydrogens is 400 g/mol. The minimum absolute atomic E-state index is 0.101. The third-order valence-corrected chi connectivity index (χ3v) is 3.87. The number of benzene rings is 2. The minimum Gasteiger partial charge on any atom is -0.483 e. The van der Waals surface area contributed by atoms with Gasteiger partial charge in [0, 0.05) is 10.0 Å². The number of carbonyl (C=O) groups is 1. The van der Waals surface area contributed by atoms with Gasteiger partial charge in [0.05, 0.1) is 10.7 Å². The summed E-state index contributed by atoms with van der Waals surface area (Å²) in [4.78, 5) is 11.6. The maximum Gasteiger partial charge on any atom is 0.277 e. The first kappa shape index (κ1) is 15.7. The van der Waals surface area contributed by atoms with Gasteiger partial charge in [0.2, 0.25) is 0 Å². The van der Waals surface area contributed by atoms with Crippen LogP contribution in [0.3, 0.4) is 0 Å². The molecule has 0 bridgehead atoms. The van der Waals surface area contributed by atoms with Crippen molar-refractivity contribution >= 4 is 44.0 Å². The number of ether oxygens (including phenoxy) is 1. The normalized spacial score (nSPS) is 10.6. The van der Waals surface area contributed by atoms with Gasteiger partial charge in [0.25, 0.3) is 5.91 Å². The molecule has 1 N–H and O–H groups in total. The fourth-order valence-electron chi connectivity index (χ4n) is 1.49. The van der Waals surface area contributed by atoms with E-state index in [1.165, 1.54) is 0 Å². The molecular formula is C15H12Br2N2O2. The van der Waals surface area contributed by atoms with Gasteiger partial charge in [-0.15, -0.1) is 0 Å². The Morgan fingerprint density at radius 3 is 2.48 bits per heavy atom. The molecule has 21 heavy (non-hydrogen) atoms. The Morgan fingerprint density at radius 1 is 1.10 bits per heavy atom. The van der Waals surface area contributed by atoms with Gasteiger partial charge < -0.3 is 4.74 Å². The zero-order valence-corrected chi connectivity index (χ0v) is 14.1. The predicted octanol–water partition coefficient (Wildman–Crippen LogP) is 3.74. The van der Waals surface area contributed by atoms with E-state index in [1.54, 1.807) is 12.3 Å². The molecule has 0 heterocycles. The van der Waals surface area contributed by atoms with Crippen molar-refractivity contribution in [3.63, 3.8) is 0 Å². The molecule has 0 aromatic heterocycles. The summed E-state index contributed by atoms with van der Waals surface area (Å²) in [7, 11) is 0. The second-order valence-electron chi connectivity index (χ2n) is 4.03. The van der Waals surface area contributed by atoms with Crippen LogP contribution in [0.2, 0.25) is 0 Å². The first-order chi connectivity index (χ1) is 10.2. The summed E-state index contributed by atoms with van der Waals surface area (Å²) in [5, 5.41) is 3.89. The summed E-state index contributed by atoms with van der Waals surface area (Å²) in [6.45, 7) is -0.101. The molecule has 0 spiro atoms. The van der Waals surface area contributed by atoms with E-state index in [0.29, 0.717) is 5.75 Å². The van der Waals surface area contributed by atoms with Crippen LogP contribution in [0.4, 0.5) is 0 Å². The molecule has 2 aromatic rings. The molecule has 2 aromatic carbocycles. The molecule has 0 aliphatic heterocycles. The van der Waals surface area contributed by atoms with Gasteiger partial charge in [-0.25, -0.2) is 5.43 Å². The van der Waals surface area contributed by atoms with Gasteiger partial charge in [-0.2, -0.15) is 5.10 Å². The van der Waals surface area contributed by atoms with Gasteiger partial charge in [0.1, 0.15) is 5.75 Å². The average Bonchev–Trinajstić information content (AvgIpc) is 2.48. The molecule has 0 unspecified atom stereocenters. The van der Waals surface area contributed by atoms with Gasteiger partial charge >= 0.3 is 0 Å². The van der Waals surface area contributed by atoms with Crippen molar-refractivity contribution in [1.82, 2.24) is 5.43 Å². The van der Waals surface area contributed by atoms with Crippen molar-refractivity contribution in [3.8, 4) is 5.75 Å². The number of nitrogens with one attached hydrogen (secondary N) is 1. The molecule has 0 fully saturated rings. The van der Waals surface area contributed by atoms with E-state index in [1.807, 2.05) is 42.5 Å². The molecule has 6 heteroatoms. The average molecular weight is 412 g/mol. The molecule has 0 radical (unpaired) electrons. The van der Waals surface area contributed by atoms with E-state index in [9.17, 15) is 4.79 Å². The SMILES string of the molecule is O=C(COc1ccccc1Br)N/N=C/c1ccccc1Br. The summed E-state index contributed by atoms with van der Waals surface area (Å²) in [5.74, 6) is 0.288. The number of nitrogens with zero attached hydrogens (tertiary/aromatic N) is 1. The highest BCUT2D eigenvalue weighted by atomic mass is 79.9. The maximum absolute atomic E-state index is 11.6. The standard InChI is InChI=1S/C15H12Br2N2O2/c16-12-6-2-1-5-11(12)9-18-19-15(20)10-21-14-8-4-3-7-13(14)17/h1-9H,10H2,(H,19,20)/b18-9+. The maximum atomic E-state index is 11.6. The number of hydrogen-bond donors (Lipinski definition) is 1. The third kappa shape index (κ3) is 4.99. The second-order valence-corrected chi connectivity index (χ2v) is 5.74. The number of para-hydroxylation sites is 1. The Morgan fingerprint density at radius 2 is 1.76 bits per heavy atom. The van der Waals surface area contributed by atoms with E-state index in [0.717, 1.165) is 14.5 Å². The largest absolute Gasteiger partial charge is 0.483 e. The van der Waals surface area contributed by atoms with Crippen LogP contribution in [0.5, 0.6) is 5.75 Å². The monoisotopic (exact) mass is 410 g/mol. The van der Waals surface area contributed by atoms with E-state index >= 15 is 0 Å². The van der Waals surface area contributed by atoms with E-state index in [4.69, 9.17) is 4.74 Å². The van der Waals surface area contributed by atoms with Crippen LogP contribution in [0.1, 0.15) is 5.56 Å². The summed E-state index contributed by atoms with van der Waals surface area (Å²) >= 11 is 6.74. The Hall–Kier alpha value is -1.66. The van der Waals surface area contributed by atoms with Gasteiger partial charge in [0.15, 0.2) is 6.61 Å². The highest BCUT2D eigenvalue weighted by Gasteiger charge is 2.04. The van der Waals surface area contributed by atoms with Crippen LogP contribution < -0.4 is 10.2 Å². The number of hydrogen-bond acceptors (Lipinski definition) is 3. The molecule has 1 amide bonds. The fraction of sp³-hybridized carbons (Fsp3) is 0.0667. The number of halogens is 2. The highest BCUT2D eigenvalue weighted by molar-refractivity contribution is 9.10. The van der Waals surface area contributed by atoms with Gasteiger partial charge in [-0.1, -0.05) is 46.3 Å². The Bertz CT molecular complexity index is 660. The fourth-order valence-corrected chi connectivity index (χ4v) is 2.28. The van der Waals surface area contributed by atoms with Crippen molar-refractivity contribution in [2.75, 3.05) is 6.61 Å². The van der Waals surface area contributed by atoms with Crippen LogP contribution in [0.15, 0.2) is 62.6 Å². The first-order valence-corrected chi connectivity index (χ1v) is 7.69. The summed E-state index contributed by atoms with van der Waals surface area (Å²) < 4.78 is 7.09. The zero-order valence-electron chi connectivity index (χ0n) is 10.9. The minimum atomic E-state index is -0.325. The molecule has 108 valence electrons. The molecule has 0 saturated carbocycles. The highest BCUT2D eigenvalue weighted by Crippen LogP contribution is 2.23. The molecule has 0 aliphatic carbocycles. The van der Waals surface area contributed by atoms with Crippen molar-refractivity contribution in [3.05, 3.63) is 63.0 Å². The molecule has 0 aliphatic rings. The topological polar surface area (TPSA) is 50.7 Å². The van der Waals surface area contributed by atoms with Crippen LogP contribution in [0.25, 0.3) is 0 Å². The second kappa shape index (κ2) is 7.95. The lowest BCUT2D eigenvalue weighted by Crippen LogP contribution is -2.24. The Labute approximate surface area is 139 Å². The third-order valence-electron chi connectivity index (χ3n) is 2.49. The molecule has 0 atom stereocenters. The lowest BCUT2D eigenvalue weighted by atomic mass is 10.2. The number of hydrazone groups is 1. The lowest BCUT2D eigenvalue weighted by molar-refractivity contribution is -0.123. The van der Waals surface area contributed by atoms with Crippen molar-refractivity contribution in [1.29, 1.82) is 0 Å². The number of carbonyl (C=O) groups excluding carboxylic acids is 1. The molecule has 2 rings (SSSR count). The van der Waals surface area contributed by atoms with Crippen molar-refractivity contribution in [2.24, 2.45) is 5.10 Å². The quantitative estimate of drug-likeness (QED) is 0.601. The van der Waals surface area contributed by atoms with Crippen LogP contribution in [0, 0.1) is 0 Å². The summed E-state index contributed by atoms with van der Waals surface area (Å²) in [5.41, 5.74) is 3.30. The Kier molecular flexibility index (Phi) is 5.95. The number of amides is 1. The van der Waals surface area contributed by atoms with Gasteiger partial charge in [-0.05, 0) is 34.1 Å². The summed E-state index contributed by atoms with van der Waals surface area (Å²) in [6, 6.07) is 14.9. The van der Waals surface area contributed by atoms with Crippen LogP contribution in [-0.2, 0) is 4.79 Å². The molecule has 0 saturated heterocycles. The van der Waals surface area contributed by atoms with Crippen molar-refractivity contribution in [2.45, 2.75) is 0 Å². The first-order valence-electron chi connectivity index (χ1n) is 6.10. The van der Waals surface area contributed by atoms with E-state index in [2.05, 4.69) is 42.4 Å². The van der Waals surface area contributed by atoms with E-state index in [-0.39, 0.29) is 12.5 Å². The zero-order chi connectivity index (χ0) is 15.1. The van der Waals surface area contributed by atoms with E-state index < -0.39 is 0 Å². The smallest absolute Gasteiger partial charge is 0.277 e. The van der Waals surface area contributed by atoms with Crippen LogP contribution in [-0.4, -0.2) is 18.7 Å².